The van der Waals surface area contributed by atoms with E-state index in [1.54, 1.807) is 7.11 Å². The summed E-state index contributed by atoms with van der Waals surface area (Å²) in [6.07, 6.45) is 4.46. The molecular formula is C14H26N4O. The third-order valence-electron chi connectivity index (χ3n) is 3.79. The Morgan fingerprint density at radius 2 is 2.16 bits per heavy atom. The molecule has 2 rings (SSSR count). The zero-order valence-electron chi connectivity index (χ0n) is 12.5. The number of rotatable bonds is 5. The van der Waals surface area contributed by atoms with Crippen LogP contribution in [0.25, 0.3) is 0 Å². The molecule has 5 nitrogen and oxygen atoms in total. The first-order valence-electron chi connectivity index (χ1n) is 7.09. The van der Waals surface area contributed by atoms with E-state index in [0.29, 0.717) is 18.7 Å². The van der Waals surface area contributed by atoms with Crippen LogP contribution in [0, 0.1) is 6.92 Å². The van der Waals surface area contributed by atoms with Crippen LogP contribution in [-0.2, 0) is 4.74 Å². The van der Waals surface area contributed by atoms with E-state index in [2.05, 4.69) is 39.9 Å². The van der Waals surface area contributed by atoms with Gasteiger partial charge in [0.1, 0.15) is 0 Å². The largest absolute Gasteiger partial charge is 0.383 e. The maximum Gasteiger partial charge on any atom is 0.203 e. The van der Waals surface area contributed by atoms with Crippen LogP contribution in [0.1, 0.15) is 31.5 Å². The zero-order chi connectivity index (χ0) is 13.8. The Bertz CT molecular complexity index is 396. The fraction of sp³-hybridized carbons (Fsp3) is 0.786. The maximum atomic E-state index is 5.24. The van der Waals surface area contributed by atoms with Crippen molar-refractivity contribution in [3.05, 3.63) is 11.9 Å². The van der Waals surface area contributed by atoms with Crippen LogP contribution < -0.4 is 5.32 Å². The van der Waals surface area contributed by atoms with Gasteiger partial charge in [0.2, 0.25) is 5.95 Å². The molecule has 1 saturated heterocycles. The van der Waals surface area contributed by atoms with Crippen LogP contribution in [0.5, 0.6) is 0 Å². The predicted octanol–water partition coefficient (Wildman–Crippen LogP) is 1.91. The molecule has 0 bridgehead atoms. The van der Waals surface area contributed by atoms with E-state index in [9.17, 15) is 0 Å². The molecule has 1 aromatic rings. The summed E-state index contributed by atoms with van der Waals surface area (Å²) >= 11 is 0. The molecular weight excluding hydrogens is 240 g/mol. The minimum Gasteiger partial charge on any atom is -0.383 e. The van der Waals surface area contributed by atoms with Gasteiger partial charge in [0.15, 0.2) is 0 Å². The molecule has 5 heteroatoms. The van der Waals surface area contributed by atoms with Gasteiger partial charge in [0.25, 0.3) is 0 Å². The lowest BCUT2D eigenvalue weighted by molar-refractivity contribution is 0.162. The Morgan fingerprint density at radius 1 is 1.47 bits per heavy atom. The Kier molecular flexibility index (Phi) is 4.82. The minimum absolute atomic E-state index is 0.306. The van der Waals surface area contributed by atoms with Crippen molar-refractivity contribution in [1.29, 1.82) is 0 Å². The molecule has 1 aliphatic rings. The standard InChI is InChI=1S/C14H26N4O/c1-11-9-18(12(2)10-19-4)14(15-11)16-13-5-7-17(3)8-6-13/h9,12-13H,5-8,10H2,1-4H3,(H,15,16). The third-order valence-corrected chi connectivity index (χ3v) is 3.79. The van der Waals surface area contributed by atoms with Crippen LogP contribution in [0.15, 0.2) is 6.20 Å². The topological polar surface area (TPSA) is 42.3 Å². The van der Waals surface area contributed by atoms with E-state index in [0.717, 1.165) is 24.7 Å². The Labute approximate surface area is 116 Å². The van der Waals surface area contributed by atoms with E-state index in [1.165, 1.54) is 12.8 Å². The van der Waals surface area contributed by atoms with Crippen LogP contribution in [0.2, 0.25) is 0 Å². The molecule has 1 N–H and O–H groups in total. The number of methoxy groups -OCH3 is 1. The van der Waals surface area contributed by atoms with Crippen molar-refractivity contribution in [2.75, 3.05) is 39.2 Å². The highest BCUT2D eigenvalue weighted by Gasteiger charge is 2.19. The molecule has 0 spiro atoms. The lowest BCUT2D eigenvalue weighted by Gasteiger charge is -2.30. The van der Waals surface area contributed by atoms with Crippen molar-refractivity contribution in [3.63, 3.8) is 0 Å². The molecule has 2 heterocycles. The fourth-order valence-electron chi connectivity index (χ4n) is 2.62. The monoisotopic (exact) mass is 266 g/mol. The van der Waals surface area contributed by atoms with Gasteiger partial charge in [-0.3, -0.25) is 0 Å². The molecule has 19 heavy (non-hydrogen) atoms. The summed E-state index contributed by atoms with van der Waals surface area (Å²) in [6, 6.07) is 0.839. The number of aromatic nitrogens is 2. The lowest BCUT2D eigenvalue weighted by atomic mass is 10.1. The van der Waals surface area contributed by atoms with E-state index in [1.807, 2.05) is 6.92 Å². The van der Waals surface area contributed by atoms with Gasteiger partial charge in [-0.05, 0) is 46.8 Å². The quantitative estimate of drug-likeness (QED) is 0.884. The molecule has 1 unspecified atom stereocenters. The van der Waals surface area contributed by atoms with Gasteiger partial charge >= 0.3 is 0 Å². The second-order valence-corrected chi connectivity index (χ2v) is 5.64. The first-order valence-corrected chi connectivity index (χ1v) is 7.09. The number of likely N-dealkylation sites (tertiary alicyclic amines) is 1. The number of anilines is 1. The van der Waals surface area contributed by atoms with Crippen LogP contribution in [-0.4, -0.2) is 54.3 Å². The van der Waals surface area contributed by atoms with E-state index in [4.69, 9.17) is 4.74 Å². The molecule has 0 aromatic carbocycles. The number of aryl methyl sites for hydroxylation is 1. The van der Waals surface area contributed by atoms with Gasteiger partial charge in [-0.25, -0.2) is 4.98 Å². The van der Waals surface area contributed by atoms with E-state index in [-0.39, 0.29) is 0 Å². The molecule has 1 aliphatic heterocycles. The molecule has 1 atom stereocenters. The van der Waals surface area contributed by atoms with Crippen molar-refractivity contribution in [2.45, 2.75) is 38.8 Å². The molecule has 0 aliphatic carbocycles. The molecule has 108 valence electrons. The Balaban J connectivity index is 2.03. The summed E-state index contributed by atoms with van der Waals surface area (Å²) in [7, 11) is 3.92. The summed E-state index contributed by atoms with van der Waals surface area (Å²) < 4.78 is 7.43. The van der Waals surface area contributed by atoms with Gasteiger partial charge in [0, 0.05) is 19.3 Å². The molecule has 0 radical (unpaired) electrons. The van der Waals surface area contributed by atoms with Gasteiger partial charge in [0.05, 0.1) is 18.3 Å². The van der Waals surface area contributed by atoms with Crippen molar-refractivity contribution >= 4 is 5.95 Å². The second-order valence-electron chi connectivity index (χ2n) is 5.64. The van der Waals surface area contributed by atoms with Crippen LogP contribution in [0.3, 0.4) is 0 Å². The number of imidazole rings is 1. The lowest BCUT2D eigenvalue weighted by Crippen LogP contribution is -2.37. The van der Waals surface area contributed by atoms with Gasteiger partial charge in [-0.2, -0.15) is 0 Å². The van der Waals surface area contributed by atoms with Gasteiger partial charge < -0.3 is 19.5 Å². The highest BCUT2D eigenvalue weighted by molar-refractivity contribution is 5.31. The SMILES string of the molecule is COCC(C)n1cc(C)nc1NC1CCN(C)CC1. The van der Waals surface area contributed by atoms with Crippen molar-refractivity contribution in [2.24, 2.45) is 0 Å². The van der Waals surface area contributed by atoms with E-state index < -0.39 is 0 Å². The average Bonchev–Trinajstić information content (AvgIpc) is 2.74. The first-order chi connectivity index (χ1) is 9.10. The Morgan fingerprint density at radius 3 is 2.79 bits per heavy atom. The predicted molar refractivity (Wildman–Crippen MR) is 77.7 cm³/mol. The van der Waals surface area contributed by atoms with Crippen molar-refractivity contribution in [3.8, 4) is 0 Å². The third kappa shape index (κ3) is 3.70. The fourth-order valence-corrected chi connectivity index (χ4v) is 2.62. The highest BCUT2D eigenvalue weighted by atomic mass is 16.5. The molecule has 1 fully saturated rings. The summed E-state index contributed by atoms with van der Waals surface area (Å²) in [5.41, 5.74) is 1.05. The Hall–Kier alpha value is -1.07. The number of nitrogens with zero attached hydrogens (tertiary/aromatic N) is 3. The normalized spacial score (nSPS) is 19.6. The van der Waals surface area contributed by atoms with Crippen molar-refractivity contribution < 1.29 is 4.74 Å². The van der Waals surface area contributed by atoms with Gasteiger partial charge in [-0.15, -0.1) is 0 Å². The number of piperidine rings is 1. The zero-order valence-corrected chi connectivity index (χ0v) is 12.5. The van der Waals surface area contributed by atoms with Gasteiger partial charge in [-0.1, -0.05) is 0 Å². The molecule has 0 saturated carbocycles. The highest BCUT2D eigenvalue weighted by Crippen LogP contribution is 2.20. The summed E-state index contributed by atoms with van der Waals surface area (Å²) in [5, 5.41) is 3.60. The average molecular weight is 266 g/mol. The number of ether oxygens (including phenoxy) is 1. The number of hydrogen-bond donors (Lipinski definition) is 1. The second kappa shape index (κ2) is 6.39. The first kappa shape index (κ1) is 14.3. The van der Waals surface area contributed by atoms with Crippen LogP contribution >= 0.6 is 0 Å². The maximum absolute atomic E-state index is 5.24. The minimum atomic E-state index is 0.306. The smallest absolute Gasteiger partial charge is 0.203 e. The summed E-state index contributed by atoms with van der Waals surface area (Å²) in [4.78, 5) is 6.99. The van der Waals surface area contributed by atoms with Crippen molar-refractivity contribution in [1.82, 2.24) is 14.5 Å². The summed E-state index contributed by atoms with van der Waals surface area (Å²) in [6.45, 7) is 7.22. The summed E-state index contributed by atoms with van der Waals surface area (Å²) in [5.74, 6) is 0.983. The molecule has 1 aromatic heterocycles. The van der Waals surface area contributed by atoms with Crippen LogP contribution in [0.4, 0.5) is 5.95 Å². The molecule has 0 amide bonds. The number of nitrogens with one attached hydrogen (secondary N) is 1. The van der Waals surface area contributed by atoms with E-state index >= 15 is 0 Å². The number of hydrogen-bond acceptors (Lipinski definition) is 4.